The van der Waals surface area contributed by atoms with E-state index in [9.17, 15) is 9.18 Å². The van der Waals surface area contributed by atoms with Crippen molar-refractivity contribution in [3.8, 4) is 0 Å². The molecule has 25 heavy (non-hydrogen) atoms. The Kier molecular flexibility index (Phi) is 7.17. The number of thiocarbonyl (C=S) groups is 1. The third-order valence-corrected chi connectivity index (χ3v) is 4.86. The molecule has 138 valence electrons. The maximum absolute atomic E-state index is 13.3. The Hall–Kier alpha value is -1.69. The molecule has 0 spiro atoms. The summed E-state index contributed by atoms with van der Waals surface area (Å²) in [4.78, 5) is 14.7. The van der Waals surface area contributed by atoms with Gasteiger partial charge in [-0.15, -0.1) is 0 Å². The molecule has 1 aliphatic rings. The number of benzene rings is 1. The molecule has 1 fully saturated rings. The van der Waals surface area contributed by atoms with Gasteiger partial charge in [0.05, 0.1) is 5.92 Å². The van der Waals surface area contributed by atoms with Crippen LogP contribution in [-0.2, 0) is 4.79 Å². The van der Waals surface area contributed by atoms with Crippen LogP contribution >= 0.6 is 12.2 Å². The van der Waals surface area contributed by atoms with Crippen molar-refractivity contribution in [1.82, 2.24) is 15.5 Å². The van der Waals surface area contributed by atoms with Crippen molar-refractivity contribution in [2.45, 2.75) is 45.6 Å². The fourth-order valence-electron chi connectivity index (χ4n) is 3.14. The maximum Gasteiger partial charge on any atom is 0.225 e. The van der Waals surface area contributed by atoms with E-state index in [1.807, 2.05) is 18.7 Å². The lowest BCUT2D eigenvalue weighted by molar-refractivity contribution is -0.124. The number of hydrogen-bond donors (Lipinski definition) is 2. The Morgan fingerprint density at radius 3 is 2.60 bits per heavy atom. The monoisotopic (exact) mass is 365 g/mol. The molecule has 4 nitrogen and oxygen atoms in total. The lowest BCUT2D eigenvalue weighted by atomic mass is 9.88. The molecule has 0 unspecified atom stereocenters. The second-order valence-electron chi connectivity index (χ2n) is 6.92. The van der Waals surface area contributed by atoms with Gasteiger partial charge in [-0.2, -0.15) is 0 Å². The zero-order chi connectivity index (χ0) is 18.4. The van der Waals surface area contributed by atoms with E-state index >= 15 is 0 Å². The van der Waals surface area contributed by atoms with Gasteiger partial charge in [0.1, 0.15) is 5.82 Å². The number of halogens is 1. The highest BCUT2D eigenvalue weighted by molar-refractivity contribution is 7.80. The molecule has 0 saturated carbocycles. The molecule has 2 N–H and O–H groups in total. The average molecular weight is 366 g/mol. The lowest BCUT2D eigenvalue weighted by Gasteiger charge is -2.22. The van der Waals surface area contributed by atoms with Crippen LogP contribution in [0.25, 0.3) is 0 Å². The number of hydrogen-bond acceptors (Lipinski definition) is 2. The van der Waals surface area contributed by atoms with E-state index in [1.165, 1.54) is 12.1 Å². The van der Waals surface area contributed by atoms with Crippen LogP contribution in [0.2, 0.25) is 0 Å². The van der Waals surface area contributed by atoms with E-state index in [0.29, 0.717) is 24.7 Å². The fourth-order valence-corrected chi connectivity index (χ4v) is 3.53. The number of carbonyl (C=O) groups excluding carboxylic acids is 1. The van der Waals surface area contributed by atoms with Crippen LogP contribution in [-0.4, -0.2) is 41.6 Å². The molecule has 1 saturated heterocycles. The Morgan fingerprint density at radius 1 is 1.32 bits per heavy atom. The molecule has 1 amide bonds. The minimum atomic E-state index is -0.264. The van der Waals surface area contributed by atoms with Crippen LogP contribution in [0.1, 0.15) is 45.1 Å². The summed E-state index contributed by atoms with van der Waals surface area (Å²) in [5, 5.41) is 6.95. The summed E-state index contributed by atoms with van der Waals surface area (Å²) in [7, 11) is 0. The number of likely N-dealkylation sites (tertiary alicyclic amines) is 1. The maximum atomic E-state index is 13.3. The Morgan fingerprint density at radius 2 is 2.00 bits per heavy atom. The summed E-state index contributed by atoms with van der Waals surface area (Å²) in [6, 6.07) is 6.70. The number of nitrogens with zero attached hydrogens (tertiary/aromatic N) is 1. The quantitative estimate of drug-likeness (QED) is 0.601. The first-order chi connectivity index (χ1) is 11.9. The molecule has 1 aromatic carbocycles. The number of amides is 1. The van der Waals surface area contributed by atoms with Crippen molar-refractivity contribution < 1.29 is 9.18 Å². The van der Waals surface area contributed by atoms with E-state index in [4.69, 9.17) is 12.2 Å². The van der Waals surface area contributed by atoms with Gasteiger partial charge in [0.15, 0.2) is 5.11 Å². The Balaban J connectivity index is 2.14. The van der Waals surface area contributed by atoms with Crippen LogP contribution in [0.15, 0.2) is 24.3 Å². The largest absolute Gasteiger partial charge is 0.360 e. The Bertz CT molecular complexity index is 591. The van der Waals surface area contributed by atoms with Crippen LogP contribution < -0.4 is 10.6 Å². The van der Waals surface area contributed by atoms with Gasteiger partial charge in [-0.05, 0) is 50.2 Å². The van der Waals surface area contributed by atoms with E-state index < -0.39 is 0 Å². The van der Waals surface area contributed by atoms with E-state index in [0.717, 1.165) is 18.4 Å². The van der Waals surface area contributed by atoms with Crippen LogP contribution in [0.5, 0.6) is 0 Å². The van der Waals surface area contributed by atoms with Gasteiger partial charge in [0.2, 0.25) is 5.91 Å². The summed E-state index contributed by atoms with van der Waals surface area (Å²) >= 11 is 5.48. The SMILES string of the molecule is CCCCNC(=O)[C@H]1CN(C(=S)NC(C)C)C[C@@H]1c1ccc(F)cc1. The van der Waals surface area contributed by atoms with Gasteiger partial charge in [-0.25, -0.2) is 4.39 Å². The molecule has 0 aliphatic carbocycles. The highest BCUT2D eigenvalue weighted by Crippen LogP contribution is 2.33. The van der Waals surface area contributed by atoms with Crippen molar-refractivity contribution in [3.63, 3.8) is 0 Å². The zero-order valence-electron chi connectivity index (χ0n) is 15.2. The number of unbranched alkanes of at least 4 members (excludes halogenated alkanes) is 1. The second kappa shape index (κ2) is 9.13. The summed E-state index contributed by atoms with van der Waals surface area (Å²) in [5.74, 6) is -0.388. The van der Waals surface area contributed by atoms with Gasteiger partial charge in [0.25, 0.3) is 0 Å². The topological polar surface area (TPSA) is 44.4 Å². The van der Waals surface area contributed by atoms with E-state index in [1.54, 1.807) is 12.1 Å². The molecule has 1 aliphatic heterocycles. The number of carbonyl (C=O) groups is 1. The predicted molar refractivity (Wildman–Crippen MR) is 103 cm³/mol. The molecule has 1 aromatic rings. The predicted octanol–water partition coefficient (Wildman–Crippen LogP) is 3.04. The first-order valence-corrected chi connectivity index (χ1v) is 9.41. The molecule has 0 aromatic heterocycles. The van der Waals surface area contributed by atoms with E-state index in [-0.39, 0.29) is 29.6 Å². The molecule has 1 heterocycles. The molecule has 0 bridgehead atoms. The summed E-state index contributed by atoms with van der Waals surface area (Å²) < 4.78 is 13.3. The van der Waals surface area contributed by atoms with Gasteiger partial charge < -0.3 is 15.5 Å². The molecule has 6 heteroatoms. The first-order valence-electron chi connectivity index (χ1n) is 9.01. The third-order valence-electron chi connectivity index (χ3n) is 4.48. The Labute approximate surface area is 155 Å². The summed E-state index contributed by atoms with van der Waals surface area (Å²) in [5.41, 5.74) is 0.979. The van der Waals surface area contributed by atoms with Gasteiger partial charge >= 0.3 is 0 Å². The van der Waals surface area contributed by atoms with Gasteiger partial charge in [-0.1, -0.05) is 25.5 Å². The third kappa shape index (κ3) is 5.39. The van der Waals surface area contributed by atoms with Crippen molar-refractivity contribution in [2.24, 2.45) is 5.92 Å². The summed E-state index contributed by atoms with van der Waals surface area (Å²) in [6.07, 6.45) is 2.01. The van der Waals surface area contributed by atoms with Crippen molar-refractivity contribution in [1.29, 1.82) is 0 Å². The molecular weight excluding hydrogens is 337 g/mol. The lowest BCUT2D eigenvalue weighted by Crippen LogP contribution is -2.42. The molecule has 2 atom stereocenters. The molecule has 2 rings (SSSR count). The smallest absolute Gasteiger partial charge is 0.225 e. The molecular formula is C19H28FN3OS. The number of nitrogens with one attached hydrogen (secondary N) is 2. The highest BCUT2D eigenvalue weighted by atomic mass is 32.1. The zero-order valence-corrected chi connectivity index (χ0v) is 16.0. The van der Waals surface area contributed by atoms with Gasteiger partial charge in [0, 0.05) is 31.6 Å². The van der Waals surface area contributed by atoms with Gasteiger partial charge in [-0.3, -0.25) is 4.79 Å². The first kappa shape index (κ1) is 19.6. The number of rotatable bonds is 6. The van der Waals surface area contributed by atoms with Crippen molar-refractivity contribution >= 4 is 23.2 Å². The van der Waals surface area contributed by atoms with Crippen LogP contribution in [0, 0.1) is 11.7 Å². The van der Waals surface area contributed by atoms with Crippen molar-refractivity contribution in [2.75, 3.05) is 19.6 Å². The summed E-state index contributed by atoms with van der Waals surface area (Å²) in [6.45, 7) is 8.11. The molecule has 0 radical (unpaired) electrons. The minimum absolute atomic E-state index is 0.00846. The standard InChI is InChI=1S/C19H28FN3OS/c1-4-5-10-21-18(24)17-12-23(19(25)22-13(2)3)11-16(17)14-6-8-15(20)9-7-14/h6-9,13,16-17H,4-5,10-12H2,1-3H3,(H,21,24)(H,22,25)/t16-,17+/m1/s1. The minimum Gasteiger partial charge on any atom is -0.360 e. The second-order valence-corrected chi connectivity index (χ2v) is 7.30. The fraction of sp³-hybridized carbons (Fsp3) is 0.579. The normalized spacial score (nSPS) is 20.0. The van der Waals surface area contributed by atoms with Crippen molar-refractivity contribution in [3.05, 3.63) is 35.6 Å². The average Bonchev–Trinajstić information content (AvgIpc) is 3.00. The van der Waals surface area contributed by atoms with E-state index in [2.05, 4.69) is 17.6 Å². The van der Waals surface area contributed by atoms with Crippen LogP contribution in [0.3, 0.4) is 0 Å². The van der Waals surface area contributed by atoms with Crippen LogP contribution in [0.4, 0.5) is 4.39 Å². The highest BCUT2D eigenvalue weighted by Gasteiger charge is 2.39.